The highest BCUT2D eigenvalue weighted by atomic mass is 16.5. The third kappa shape index (κ3) is 4.32. The van der Waals surface area contributed by atoms with Crippen molar-refractivity contribution in [1.29, 1.82) is 0 Å². The van der Waals surface area contributed by atoms with E-state index in [0.717, 1.165) is 57.4 Å². The van der Waals surface area contributed by atoms with Crippen LogP contribution < -0.4 is 5.32 Å². The van der Waals surface area contributed by atoms with Crippen LogP contribution in [0, 0.1) is 20.8 Å². The van der Waals surface area contributed by atoms with E-state index in [4.69, 9.17) is 4.74 Å². The van der Waals surface area contributed by atoms with Crippen LogP contribution in [0.25, 0.3) is 22.2 Å². The number of hydrogen-bond acceptors (Lipinski definition) is 5. The zero-order chi connectivity index (χ0) is 25.4. The molecule has 186 valence electrons. The van der Waals surface area contributed by atoms with Gasteiger partial charge in [0.2, 0.25) is 0 Å². The van der Waals surface area contributed by atoms with Gasteiger partial charge >= 0.3 is 6.09 Å². The van der Waals surface area contributed by atoms with Gasteiger partial charge in [-0.2, -0.15) is 10.2 Å². The van der Waals surface area contributed by atoms with E-state index in [1.165, 1.54) is 7.11 Å². The number of methoxy groups -OCH3 is 1. The summed E-state index contributed by atoms with van der Waals surface area (Å²) in [6, 6.07) is 10.0. The number of hydrogen-bond donors (Lipinski definition) is 2. The van der Waals surface area contributed by atoms with Gasteiger partial charge in [-0.25, -0.2) is 4.79 Å². The molecule has 2 aromatic carbocycles. The number of fused-ring (bicyclic) bond motifs is 1. The molecule has 0 bridgehead atoms. The lowest BCUT2D eigenvalue weighted by molar-refractivity contribution is 0.102. The Balaban J connectivity index is 1.40. The van der Waals surface area contributed by atoms with Crippen molar-refractivity contribution in [1.82, 2.24) is 24.9 Å². The molecule has 1 aliphatic rings. The molecule has 36 heavy (non-hydrogen) atoms. The van der Waals surface area contributed by atoms with E-state index >= 15 is 0 Å². The van der Waals surface area contributed by atoms with Crippen LogP contribution in [0.15, 0.2) is 42.7 Å². The first-order chi connectivity index (χ1) is 17.4. The molecule has 0 atom stereocenters. The topological polar surface area (TPSA) is 105 Å². The largest absolute Gasteiger partial charge is 0.453 e. The molecule has 3 heterocycles. The summed E-state index contributed by atoms with van der Waals surface area (Å²) in [4.78, 5) is 26.8. The van der Waals surface area contributed by atoms with Gasteiger partial charge in [-0.3, -0.25) is 14.6 Å². The van der Waals surface area contributed by atoms with E-state index in [2.05, 4.69) is 20.6 Å². The number of H-pyrrole nitrogens is 1. The molecule has 0 radical (unpaired) electrons. The molecule has 9 nitrogen and oxygen atoms in total. The second kappa shape index (κ2) is 9.49. The van der Waals surface area contributed by atoms with Gasteiger partial charge in [0.1, 0.15) is 5.69 Å². The van der Waals surface area contributed by atoms with E-state index in [9.17, 15) is 9.59 Å². The Bertz CT molecular complexity index is 1420. The minimum absolute atomic E-state index is 0.146. The van der Waals surface area contributed by atoms with Crippen molar-refractivity contribution < 1.29 is 14.3 Å². The Labute approximate surface area is 209 Å². The predicted octanol–water partition coefficient (Wildman–Crippen LogP) is 5.01. The molecule has 9 heteroatoms. The maximum absolute atomic E-state index is 13.3. The zero-order valence-electron chi connectivity index (χ0n) is 21.0. The number of nitrogens with zero attached hydrogens (tertiary/aromatic N) is 4. The summed E-state index contributed by atoms with van der Waals surface area (Å²) in [6.07, 6.45) is 5.12. The number of ether oxygens (including phenoxy) is 1. The number of piperidine rings is 1. The van der Waals surface area contributed by atoms with E-state index in [0.29, 0.717) is 18.7 Å². The standard InChI is InChI=1S/C27H30N6O3/c1-16-6-5-7-17(2)24(16)29-26(34)21-13-22-23(12-18(21)3)30-31-25(22)19-14-28-33(15-19)20-8-10-32(11-9-20)27(35)36-4/h5-7,12-15,20H,8-11H2,1-4H3,(H,29,34)(H,30,31). The van der Waals surface area contributed by atoms with Crippen molar-refractivity contribution in [3.63, 3.8) is 0 Å². The maximum Gasteiger partial charge on any atom is 0.409 e. The van der Waals surface area contributed by atoms with Crippen LogP contribution in [0.2, 0.25) is 0 Å². The van der Waals surface area contributed by atoms with Crippen molar-refractivity contribution >= 4 is 28.6 Å². The SMILES string of the molecule is COC(=O)N1CCC(n2cc(-c3n[nH]c4cc(C)c(C(=O)Nc5c(C)cccc5C)cc34)cn2)CC1. The summed E-state index contributed by atoms with van der Waals surface area (Å²) in [5.41, 5.74) is 6.86. The van der Waals surface area contributed by atoms with E-state index < -0.39 is 0 Å². The predicted molar refractivity (Wildman–Crippen MR) is 138 cm³/mol. The highest BCUT2D eigenvalue weighted by Gasteiger charge is 2.25. The number of carbonyl (C=O) groups excluding carboxylic acids is 2. The first-order valence-electron chi connectivity index (χ1n) is 12.1. The van der Waals surface area contributed by atoms with Crippen molar-refractivity contribution in [2.24, 2.45) is 0 Å². The number of anilines is 1. The molecule has 0 aliphatic carbocycles. The van der Waals surface area contributed by atoms with Crippen LogP contribution in [0.4, 0.5) is 10.5 Å². The van der Waals surface area contributed by atoms with Crippen molar-refractivity contribution in [3.05, 3.63) is 65.0 Å². The summed E-state index contributed by atoms with van der Waals surface area (Å²) in [6.45, 7) is 7.18. The first kappa shape index (κ1) is 23.6. The van der Waals surface area contributed by atoms with Crippen molar-refractivity contribution in [2.75, 3.05) is 25.5 Å². The van der Waals surface area contributed by atoms with Gasteiger partial charge in [0, 0.05) is 41.5 Å². The van der Waals surface area contributed by atoms with E-state index in [-0.39, 0.29) is 18.0 Å². The molecule has 2 aromatic heterocycles. The van der Waals surface area contributed by atoms with Crippen LogP contribution in [-0.2, 0) is 4.74 Å². The van der Waals surface area contributed by atoms with Crippen LogP contribution in [0.1, 0.15) is 45.9 Å². The lowest BCUT2D eigenvalue weighted by atomic mass is 10.0. The number of benzene rings is 2. The minimum Gasteiger partial charge on any atom is -0.453 e. The number of aryl methyl sites for hydroxylation is 3. The summed E-state index contributed by atoms with van der Waals surface area (Å²) < 4.78 is 6.78. The third-order valence-electron chi connectivity index (χ3n) is 7.02. The summed E-state index contributed by atoms with van der Waals surface area (Å²) in [7, 11) is 1.41. The molecular weight excluding hydrogens is 456 g/mol. The highest BCUT2D eigenvalue weighted by Crippen LogP contribution is 2.31. The van der Waals surface area contributed by atoms with Crippen LogP contribution in [0.3, 0.4) is 0 Å². The van der Waals surface area contributed by atoms with Gasteiger partial charge in [-0.15, -0.1) is 0 Å². The average Bonchev–Trinajstić information content (AvgIpc) is 3.52. The number of carbonyl (C=O) groups is 2. The molecule has 0 spiro atoms. The Hall–Kier alpha value is -4.14. The molecule has 1 fully saturated rings. The van der Waals surface area contributed by atoms with Crippen molar-refractivity contribution in [2.45, 2.75) is 39.7 Å². The molecule has 0 unspecified atom stereocenters. The Morgan fingerprint density at radius 3 is 2.50 bits per heavy atom. The van der Waals surface area contributed by atoms with Gasteiger partial charge in [-0.1, -0.05) is 18.2 Å². The fourth-order valence-corrected chi connectivity index (χ4v) is 4.93. The molecular formula is C27H30N6O3. The number of amides is 2. The lowest BCUT2D eigenvalue weighted by Crippen LogP contribution is -2.39. The summed E-state index contributed by atoms with van der Waals surface area (Å²) >= 11 is 0. The third-order valence-corrected chi connectivity index (χ3v) is 7.02. The molecule has 0 saturated carbocycles. The Morgan fingerprint density at radius 1 is 1.08 bits per heavy atom. The molecule has 1 aliphatic heterocycles. The van der Waals surface area contributed by atoms with Gasteiger partial charge in [0.25, 0.3) is 5.91 Å². The normalized spacial score (nSPS) is 14.3. The van der Waals surface area contributed by atoms with Crippen molar-refractivity contribution in [3.8, 4) is 11.3 Å². The second-order valence-electron chi connectivity index (χ2n) is 9.40. The van der Waals surface area contributed by atoms with E-state index in [1.54, 1.807) is 11.1 Å². The van der Waals surface area contributed by atoms with Gasteiger partial charge < -0.3 is 15.0 Å². The number of nitrogens with one attached hydrogen (secondary N) is 2. The molecule has 1 saturated heterocycles. The van der Waals surface area contributed by atoms with Crippen LogP contribution >= 0.6 is 0 Å². The van der Waals surface area contributed by atoms with E-state index in [1.807, 2.05) is 62.0 Å². The van der Waals surface area contributed by atoms with Gasteiger partial charge in [0.05, 0.1) is 24.9 Å². The first-order valence-corrected chi connectivity index (χ1v) is 12.1. The number of rotatable bonds is 4. The lowest BCUT2D eigenvalue weighted by Gasteiger charge is -2.30. The number of aromatic amines is 1. The second-order valence-corrected chi connectivity index (χ2v) is 9.40. The number of para-hydroxylation sites is 1. The summed E-state index contributed by atoms with van der Waals surface area (Å²) in [5, 5.41) is 16.2. The highest BCUT2D eigenvalue weighted by molar-refractivity contribution is 6.09. The zero-order valence-corrected chi connectivity index (χ0v) is 21.0. The van der Waals surface area contributed by atoms with Crippen LogP contribution in [-0.4, -0.2) is 57.1 Å². The molecule has 4 aromatic rings. The Morgan fingerprint density at radius 2 is 1.81 bits per heavy atom. The fourth-order valence-electron chi connectivity index (χ4n) is 4.93. The van der Waals surface area contributed by atoms with Gasteiger partial charge in [-0.05, 0) is 62.4 Å². The quantitative estimate of drug-likeness (QED) is 0.422. The fraction of sp³-hybridized carbons (Fsp3) is 0.333. The molecule has 5 rings (SSSR count). The minimum atomic E-state index is -0.287. The Kier molecular flexibility index (Phi) is 6.22. The van der Waals surface area contributed by atoms with Gasteiger partial charge in [0.15, 0.2) is 0 Å². The number of likely N-dealkylation sites (tertiary alicyclic amines) is 1. The summed E-state index contributed by atoms with van der Waals surface area (Å²) in [5.74, 6) is -0.146. The molecule has 2 N–H and O–H groups in total. The average molecular weight is 487 g/mol. The van der Waals surface area contributed by atoms with Crippen LogP contribution in [0.5, 0.6) is 0 Å². The molecule has 2 amide bonds. The maximum atomic E-state index is 13.3. The smallest absolute Gasteiger partial charge is 0.409 e. The number of aromatic nitrogens is 4. The monoisotopic (exact) mass is 486 g/mol.